The molecule has 2 atom stereocenters. The van der Waals surface area contributed by atoms with Gasteiger partial charge in [-0.15, -0.1) is 0 Å². The van der Waals surface area contributed by atoms with Gasteiger partial charge < -0.3 is 30.1 Å². The van der Waals surface area contributed by atoms with E-state index in [4.69, 9.17) is 9.47 Å². The summed E-state index contributed by atoms with van der Waals surface area (Å²) < 4.78 is 11.0. The fraction of sp³-hybridized carbons (Fsp3) is 0.423. The summed E-state index contributed by atoms with van der Waals surface area (Å²) in [5.41, 5.74) is 3.02. The maximum Gasteiger partial charge on any atom is 0.330 e. The second kappa shape index (κ2) is 11.2. The van der Waals surface area contributed by atoms with E-state index < -0.39 is 24.6 Å². The molecule has 2 aromatic rings. The number of anilines is 3. The van der Waals surface area contributed by atoms with Crippen molar-refractivity contribution in [1.29, 1.82) is 0 Å². The van der Waals surface area contributed by atoms with Crippen LogP contribution in [-0.4, -0.2) is 90.9 Å². The first-order chi connectivity index (χ1) is 18.6. The van der Waals surface area contributed by atoms with Crippen LogP contribution in [0, 0.1) is 13.8 Å². The van der Waals surface area contributed by atoms with E-state index in [0.717, 1.165) is 22.8 Å². The zero-order valence-electron chi connectivity index (χ0n) is 22.6. The Balaban J connectivity index is 1.62. The third kappa shape index (κ3) is 5.17. The molecule has 2 unspecified atom stereocenters. The van der Waals surface area contributed by atoms with Crippen molar-refractivity contribution in [1.82, 2.24) is 20.2 Å². The van der Waals surface area contributed by atoms with Crippen LogP contribution in [0.25, 0.3) is 0 Å². The van der Waals surface area contributed by atoms with Gasteiger partial charge in [-0.25, -0.2) is 9.78 Å². The molecule has 1 saturated heterocycles. The molecule has 0 radical (unpaired) electrons. The smallest absolute Gasteiger partial charge is 0.330 e. The number of urea groups is 1. The number of carbonyl (C=O) groups excluding carboxylic acids is 3. The summed E-state index contributed by atoms with van der Waals surface area (Å²) in [4.78, 5) is 51.2. The van der Waals surface area contributed by atoms with Crippen LogP contribution >= 0.6 is 0 Å². The van der Waals surface area contributed by atoms with Gasteiger partial charge in [0.15, 0.2) is 0 Å². The Labute approximate surface area is 226 Å². The lowest BCUT2D eigenvalue weighted by atomic mass is 10.0. The Morgan fingerprint density at radius 3 is 2.41 bits per heavy atom. The highest BCUT2D eigenvalue weighted by atomic mass is 16.5. The van der Waals surface area contributed by atoms with Crippen molar-refractivity contribution in [2.24, 2.45) is 0 Å². The Morgan fingerprint density at radius 2 is 1.82 bits per heavy atom. The van der Waals surface area contributed by atoms with E-state index in [1.807, 2.05) is 13.8 Å². The lowest BCUT2D eigenvalue weighted by Gasteiger charge is -2.36. The van der Waals surface area contributed by atoms with E-state index in [1.165, 1.54) is 9.80 Å². The average Bonchev–Trinajstić information content (AvgIpc) is 3.33. The standard InChI is InChI=1S/C26H33N7O6/c1-7-21(35)28-17-11-32(22(36)13-34)12-18(17)29-25-27-9-16-10-33(26(37)31(4)24(16)30-25)23-14(2)19(38-5)8-20(39-6)15(23)3/h7-9,17-18,34H,1,10-13H2,2-6H3,(H,28,35)(H,27,29,30). The summed E-state index contributed by atoms with van der Waals surface area (Å²) in [5, 5.41) is 15.2. The molecular weight excluding hydrogens is 506 g/mol. The van der Waals surface area contributed by atoms with Gasteiger partial charge in [-0.2, -0.15) is 4.98 Å². The summed E-state index contributed by atoms with van der Waals surface area (Å²) >= 11 is 0. The molecule has 13 heteroatoms. The average molecular weight is 540 g/mol. The molecule has 0 aliphatic carbocycles. The predicted molar refractivity (Wildman–Crippen MR) is 144 cm³/mol. The van der Waals surface area contributed by atoms with Gasteiger partial charge in [0, 0.05) is 49.1 Å². The number of methoxy groups -OCH3 is 2. The number of amides is 4. The van der Waals surface area contributed by atoms with E-state index in [2.05, 4.69) is 27.2 Å². The van der Waals surface area contributed by atoms with Crippen LogP contribution in [0.3, 0.4) is 0 Å². The number of rotatable bonds is 8. The Kier molecular flexibility index (Phi) is 7.90. The molecule has 1 fully saturated rings. The molecule has 2 aliphatic heterocycles. The van der Waals surface area contributed by atoms with Crippen molar-refractivity contribution in [3.63, 3.8) is 0 Å². The normalized spacial score (nSPS) is 18.5. The van der Waals surface area contributed by atoms with E-state index in [9.17, 15) is 19.5 Å². The van der Waals surface area contributed by atoms with Crippen LogP contribution in [0.15, 0.2) is 24.9 Å². The Hall–Kier alpha value is -4.39. The van der Waals surface area contributed by atoms with Crippen LogP contribution in [0.1, 0.15) is 16.7 Å². The monoisotopic (exact) mass is 539 g/mol. The summed E-state index contributed by atoms with van der Waals surface area (Å²) in [6.45, 7) is 7.28. The highest BCUT2D eigenvalue weighted by Gasteiger charge is 2.37. The van der Waals surface area contributed by atoms with Gasteiger partial charge >= 0.3 is 6.03 Å². The van der Waals surface area contributed by atoms with E-state index in [1.54, 1.807) is 38.4 Å². The van der Waals surface area contributed by atoms with Crippen molar-refractivity contribution < 1.29 is 29.0 Å². The maximum absolute atomic E-state index is 13.6. The maximum atomic E-state index is 13.6. The van der Waals surface area contributed by atoms with Crippen molar-refractivity contribution in [2.45, 2.75) is 32.5 Å². The summed E-state index contributed by atoms with van der Waals surface area (Å²) in [7, 11) is 4.77. The summed E-state index contributed by atoms with van der Waals surface area (Å²) in [6, 6.07) is 0.613. The number of aliphatic hydroxyl groups excluding tert-OH is 1. The molecule has 4 rings (SSSR count). The van der Waals surface area contributed by atoms with Crippen LogP contribution in [0.4, 0.5) is 22.2 Å². The largest absolute Gasteiger partial charge is 0.496 e. The zero-order valence-corrected chi connectivity index (χ0v) is 22.6. The number of likely N-dealkylation sites (tertiary alicyclic amines) is 1. The molecule has 0 spiro atoms. The number of ether oxygens (including phenoxy) is 2. The molecule has 0 saturated carbocycles. The van der Waals surface area contributed by atoms with Gasteiger partial charge in [-0.1, -0.05) is 6.58 Å². The number of fused-ring (bicyclic) bond motifs is 1. The van der Waals surface area contributed by atoms with E-state index >= 15 is 0 Å². The minimum Gasteiger partial charge on any atom is -0.496 e. The van der Waals surface area contributed by atoms with Gasteiger partial charge in [-0.3, -0.25) is 19.4 Å². The van der Waals surface area contributed by atoms with Crippen molar-refractivity contribution in [2.75, 3.05) is 56.1 Å². The second-order valence-corrected chi connectivity index (χ2v) is 9.38. The molecule has 39 heavy (non-hydrogen) atoms. The molecule has 2 aliphatic rings. The number of hydrogen-bond donors (Lipinski definition) is 3. The third-order valence-corrected chi connectivity index (χ3v) is 7.06. The van der Waals surface area contributed by atoms with Gasteiger partial charge in [0.05, 0.1) is 38.5 Å². The van der Waals surface area contributed by atoms with Crippen LogP contribution < -0.4 is 29.9 Å². The Morgan fingerprint density at radius 1 is 1.18 bits per heavy atom. The van der Waals surface area contributed by atoms with Crippen molar-refractivity contribution in [3.05, 3.63) is 41.6 Å². The lowest BCUT2D eigenvalue weighted by Crippen LogP contribution is -2.47. The quantitative estimate of drug-likeness (QED) is 0.417. The van der Waals surface area contributed by atoms with Gasteiger partial charge in [0.2, 0.25) is 17.8 Å². The first kappa shape index (κ1) is 27.6. The van der Waals surface area contributed by atoms with Crippen LogP contribution in [-0.2, 0) is 16.1 Å². The van der Waals surface area contributed by atoms with Crippen LogP contribution in [0.5, 0.6) is 11.5 Å². The first-order valence-electron chi connectivity index (χ1n) is 12.3. The van der Waals surface area contributed by atoms with E-state index in [0.29, 0.717) is 23.0 Å². The van der Waals surface area contributed by atoms with Crippen LogP contribution in [0.2, 0.25) is 0 Å². The number of benzene rings is 1. The predicted octanol–water partition coefficient (Wildman–Crippen LogP) is 0.973. The summed E-state index contributed by atoms with van der Waals surface area (Å²) in [6.07, 6.45) is 2.79. The number of nitrogens with one attached hydrogen (secondary N) is 2. The molecule has 13 nitrogen and oxygen atoms in total. The molecular formula is C26H33N7O6. The first-order valence-corrected chi connectivity index (χ1v) is 12.3. The molecule has 208 valence electrons. The van der Waals surface area contributed by atoms with E-state index in [-0.39, 0.29) is 37.5 Å². The minimum absolute atomic E-state index is 0.206. The summed E-state index contributed by atoms with van der Waals surface area (Å²) in [5.74, 6) is 1.04. The molecule has 3 N–H and O–H groups in total. The number of aliphatic hydroxyl groups is 1. The topological polar surface area (TPSA) is 149 Å². The third-order valence-electron chi connectivity index (χ3n) is 7.06. The zero-order chi connectivity index (χ0) is 28.4. The lowest BCUT2D eigenvalue weighted by molar-refractivity contribution is -0.133. The minimum atomic E-state index is -0.633. The van der Waals surface area contributed by atoms with Crippen molar-refractivity contribution in [3.8, 4) is 11.5 Å². The molecule has 0 bridgehead atoms. The SMILES string of the molecule is C=CC(=O)NC1CN(C(=O)CO)CC1Nc1ncc2c(n1)N(C)C(=O)N(c1c(C)c(OC)cc(OC)c1C)C2. The number of aromatic nitrogens is 2. The highest BCUT2D eigenvalue weighted by Crippen LogP contribution is 2.41. The second-order valence-electron chi connectivity index (χ2n) is 9.38. The molecule has 1 aromatic heterocycles. The van der Waals surface area contributed by atoms with Gasteiger partial charge in [0.25, 0.3) is 0 Å². The van der Waals surface area contributed by atoms with Gasteiger partial charge in [-0.05, 0) is 19.9 Å². The Bertz CT molecular complexity index is 1290. The molecule has 3 heterocycles. The fourth-order valence-corrected chi connectivity index (χ4v) is 5.04. The fourth-order valence-electron chi connectivity index (χ4n) is 5.04. The van der Waals surface area contributed by atoms with Gasteiger partial charge in [0.1, 0.15) is 23.9 Å². The van der Waals surface area contributed by atoms with Crippen molar-refractivity contribution >= 4 is 35.3 Å². The highest BCUT2D eigenvalue weighted by molar-refractivity contribution is 6.06. The molecule has 1 aromatic carbocycles. The number of nitrogens with zero attached hydrogens (tertiary/aromatic N) is 5. The number of hydrogen-bond acceptors (Lipinski definition) is 9. The number of carbonyl (C=O) groups is 3. The molecule has 4 amide bonds.